The topological polar surface area (TPSA) is 96.0 Å². The van der Waals surface area contributed by atoms with E-state index in [1.165, 1.54) is 6.92 Å². The predicted octanol–water partition coefficient (Wildman–Crippen LogP) is 2.84. The van der Waals surface area contributed by atoms with E-state index in [-0.39, 0.29) is 5.56 Å². The minimum atomic E-state index is -5.95. The van der Waals surface area contributed by atoms with Crippen LogP contribution in [0.2, 0.25) is 0 Å². The van der Waals surface area contributed by atoms with Gasteiger partial charge >= 0.3 is 21.6 Å². The van der Waals surface area contributed by atoms with Crippen LogP contribution in [0.3, 0.4) is 0 Å². The van der Waals surface area contributed by atoms with E-state index in [0.717, 1.165) is 18.2 Å². The molecule has 0 atom stereocenters. The first-order valence-corrected chi connectivity index (χ1v) is 8.53. The second-order valence-corrected chi connectivity index (χ2v) is 7.61. The summed E-state index contributed by atoms with van der Waals surface area (Å²) in [4.78, 5) is 23.0. The number of esters is 1. The van der Waals surface area contributed by atoms with Gasteiger partial charge in [0.25, 0.3) is 0 Å². The number of halogens is 3. The van der Waals surface area contributed by atoms with Crippen LogP contribution in [-0.2, 0) is 19.6 Å². The van der Waals surface area contributed by atoms with Crippen molar-refractivity contribution < 1.29 is 44.8 Å². The Labute approximate surface area is 148 Å². The highest BCUT2D eigenvalue weighted by atomic mass is 32.2. The fraction of sp³-hybridized carbons (Fsp3) is 0.467. The van der Waals surface area contributed by atoms with Crippen molar-refractivity contribution >= 4 is 21.9 Å². The zero-order chi connectivity index (χ0) is 20.3. The quantitative estimate of drug-likeness (QED) is 0.315. The van der Waals surface area contributed by atoms with Gasteiger partial charge in [-0.15, -0.1) is 0 Å². The zero-order valence-corrected chi connectivity index (χ0v) is 15.2. The van der Waals surface area contributed by atoms with Crippen LogP contribution in [0, 0.1) is 0 Å². The Morgan fingerprint density at radius 1 is 1.08 bits per heavy atom. The van der Waals surface area contributed by atoms with Gasteiger partial charge in [0.2, 0.25) is 0 Å². The molecule has 1 aromatic carbocycles. The number of ether oxygens (including phenoxy) is 2. The molecule has 0 radical (unpaired) electrons. The number of rotatable bonds is 6. The van der Waals surface area contributed by atoms with Crippen LogP contribution in [-0.4, -0.2) is 37.9 Å². The van der Waals surface area contributed by atoms with E-state index in [4.69, 9.17) is 9.47 Å². The van der Waals surface area contributed by atoms with E-state index in [2.05, 4.69) is 4.18 Å². The summed E-state index contributed by atoms with van der Waals surface area (Å²) in [5.74, 6) is -2.67. The second-order valence-electron chi connectivity index (χ2n) is 6.08. The number of carbonyl (C=O) groups excluding carboxylic acids is 2. The Kier molecular flexibility index (Phi) is 6.29. The summed E-state index contributed by atoms with van der Waals surface area (Å²) in [5.41, 5.74) is -6.48. The van der Waals surface area contributed by atoms with Crippen molar-refractivity contribution in [2.24, 2.45) is 0 Å². The monoisotopic (exact) mass is 398 g/mol. The maximum Gasteiger partial charge on any atom is 0.534 e. The van der Waals surface area contributed by atoms with Crippen LogP contribution >= 0.6 is 0 Å². The molecular weight excluding hydrogens is 381 g/mol. The van der Waals surface area contributed by atoms with Gasteiger partial charge < -0.3 is 13.7 Å². The third-order valence-electron chi connectivity index (χ3n) is 2.60. The van der Waals surface area contributed by atoms with Crippen molar-refractivity contribution in [2.75, 3.05) is 6.61 Å². The van der Waals surface area contributed by atoms with E-state index in [0.29, 0.717) is 0 Å². The van der Waals surface area contributed by atoms with Gasteiger partial charge in [0.1, 0.15) is 5.60 Å². The molecular formula is C15H17F3O7S. The summed E-state index contributed by atoms with van der Waals surface area (Å²) in [6.07, 6.45) is 0. The lowest BCUT2D eigenvalue weighted by molar-refractivity contribution is -0.157. The Balaban J connectivity index is 3.12. The van der Waals surface area contributed by atoms with Crippen molar-refractivity contribution in [3.8, 4) is 11.5 Å². The molecule has 0 spiro atoms. The molecule has 0 unspecified atom stereocenters. The summed E-state index contributed by atoms with van der Waals surface area (Å²) < 4.78 is 73.7. The third-order valence-corrected chi connectivity index (χ3v) is 3.56. The summed E-state index contributed by atoms with van der Waals surface area (Å²) in [6, 6.07) is 2.85. The summed E-state index contributed by atoms with van der Waals surface area (Å²) in [6.45, 7) is 5.21. The average molecular weight is 398 g/mol. The van der Waals surface area contributed by atoms with Gasteiger partial charge in [-0.1, -0.05) is 0 Å². The highest BCUT2D eigenvalue weighted by Gasteiger charge is 2.49. The van der Waals surface area contributed by atoms with Crippen LogP contribution in [0.1, 0.15) is 38.1 Å². The normalized spacial score (nSPS) is 12.4. The van der Waals surface area contributed by atoms with Crippen molar-refractivity contribution in [3.63, 3.8) is 0 Å². The van der Waals surface area contributed by atoms with Crippen molar-refractivity contribution in [1.29, 1.82) is 0 Å². The summed E-state index contributed by atoms with van der Waals surface area (Å²) in [7, 11) is -5.95. The molecule has 0 bridgehead atoms. The van der Waals surface area contributed by atoms with E-state index in [1.54, 1.807) is 20.8 Å². The molecule has 146 valence electrons. The molecule has 0 aliphatic carbocycles. The maximum absolute atomic E-state index is 12.5. The minimum Gasteiger partial charge on any atom is -0.478 e. The molecule has 0 aliphatic heterocycles. The van der Waals surface area contributed by atoms with Crippen molar-refractivity contribution in [2.45, 2.75) is 38.8 Å². The highest BCUT2D eigenvalue weighted by molar-refractivity contribution is 7.88. The number of hydrogen-bond acceptors (Lipinski definition) is 7. The number of alkyl halides is 3. The molecule has 1 rings (SSSR count). The molecule has 0 aliphatic rings. The van der Waals surface area contributed by atoms with Crippen molar-refractivity contribution in [1.82, 2.24) is 0 Å². The van der Waals surface area contributed by atoms with E-state index >= 15 is 0 Å². The molecule has 0 aromatic heterocycles. The van der Waals surface area contributed by atoms with Gasteiger partial charge in [-0.2, -0.15) is 21.6 Å². The molecule has 0 heterocycles. The maximum atomic E-state index is 12.5. The first kappa shape index (κ1) is 21.7. The highest BCUT2D eigenvalue weighted by Crippen LogP contribution is 2.34. The van der Waals surface area contributed by atoms with Crippen LogP contribution in [0.5, 0.6) is 11.5 Å². The van der Waals surface area contributed by atoms with Crippen LogP contribution in [0.4, 0.5) is 13.2 Å². The number of benzene rings is 1. The van der Waals surface area contributed by atoms with E-state index < -0.39 is 51.1 Å². The van der Waals surface area contributed by atoms with Gasteiger partial charge in [0.05, 0.1) is 0 Å². The lowest BCUT2D eigenvalue weighted by Crippen LogP contribution is -2.29. The van der Waals surface area contributed by atoms with Crippen LogP contribution in [0.15, 0.2) is 18.2 Å². The SMILES string of the molecule is CC(=O)c1ccc(OS(=O)(=O)C(F)(F)F)c(OCC(=O)OC(C)(C)C)c1. The number of hydrogen-bond donors (Lipinski definition) is 0. The lowest BCUT2D eigenvalue weighted by Gasteiger charge is -2.20. The lowest BCUT2D eigenvalue weighted by atomic mass is 10.1. The summed E-state index contributed by atoms with van der Waals surface area (Å²) in [5, 5.41) is 0. The Bertz CT molecular complexity index is 792. The molecule has 0 amide bonds. The molecule has 11 heteroatoms. The number of Topliss-reactive ketones (excluding diaryl/α,β-unsaturated/α-hetero) is 1. The summed E-state index contributed by atoms with van der Waals surface area (Å²) >= 11 is 0. The fourth-order valence-corrected chi connectivity index (χ4v) is 2.05. The van der Waals surface area contributed by atoms with Crippen molar-refractivity contribution in [3.05, 3.63) is 23.8 Å². The largest absolute Gasteiger partial charge is 0.534 e. The number of carbonyl (C=O) groups is 2. The first-order chi connectivity index (χ1) is 11.6. The standard InChI is InChI=1S/C15H17F3O7S/c1-9(19)10-5-6-11(25-26(21,22)15(16,17)18)12(7-10)23-8-13(20)24-14(2,3)4/h5-7H,8H2,1-4H3. The van der Waals surface area contributed by atoms with Gasteiger partial charge in [-0.05, 0) is 45.9 Å². The molecule has 0 fully saturated rings. The smallest absolute Gasteiger partial charge is 0.478 e. The Hall–Kier alpha value is -2.30. The Morgan fingerprint density at radius 3 is 2.12 bits per heavy atom. The molecule has 0 saturated heterocycles. The van der Waals surface area contributed by atoms with E-state index in [1.807, 2.05) is 0 Å². The van der Waals surface area contributed by atoms with Crippen LogP contribution in [0.25, 0.3) is 0 Å². The minimum absolute atomic E-state index is 0.0148. The zero-order valence-electron chi connectivity index (χ0n) is 14.3. The van der Waals surface area contributed by atoms with Gasteiger partial charge in [-0.3, -0.25) is 4.79 Å². The first-order valence-electron chi connectivity index (χ1n) is 7.13. The third kappa shape index (κ3) is 6.21. The van der Waals surface area contributed by atoms with E-state index in [9.17, 15) is 31.2 Å². The molecule has 1 aromatic rings. The fourth-order valence-electron chi connectivity index (χ4n) is 1.58. The predicted molar refractivity (Wildman–Crippen MR) is 83.4 cm³/mol. The second kappa shape index (κ2) is 7.52. The Morgan fingerprint density at radius 2 is 1.65 bits per heavy atom. The molecule has 26 heavy (non-hydrogen) atoms. The van der Waals surface area contributed by atoms with Gasteiger partial charge in [0, 0.05) is 5.56 Å². The van der Waals surface area contributed by atoms with Crippen LogP contribution < -0.4 is 8.92 Å². The number of ketones is 1. The molecule has 7 nitrogen and oxygen atoms in total. The average Bonchev–Trinajstić information content (AvgIpc) is 2.42. The van der Waals surface area contributed by atoms with Gasteiger partial charge in [0.15, 0.2) is 23.9 Å². The molecule has 0 saturated carbocycles. The van der Waals surface area contributed by atoms with Gasteiger partial charge in [-0.25, -0.2) is 4.79 Å². The molecule has 0 N–H and O–H groups in total.